The summed E-state index contributed by atoms with van der Waals surface area (Å²) in [5.74, 6) is 6.02. The van der Waals surface area contributed by atoms with Crippen molar-refractivity contribution in [3.05, 3.63) is 0 Å². The zero-order chi connectivity index (χ0) is 14.3. The standard InChI is InChI=1S/C11H22N6O2/c1-4-5-17(6-7-18)10-13-9(16-12)14-11(15-10)19-8(2)3/h8,18H,4-7,12H2,1-3H3,(H,13,14,15,16). The van der Waals surface area contributed by atoms with Gasteiger partial charge in [-0.05, 0) is 20.3 Å². The van der Waals surface area contributed by atoms with E-state index in [1.165, 1.54) is 0 Å². The number of nitrogen functional groups attached to an aromatic ring is 1. The lowest BCUT2D eigenvalue weighted by molar-refractivity contribution is 0.221. The Hall–Kier alpha value is -1.67. The zero-order valence-corrected chi connectivity index (χ0v) is 11.6. The molecule has 1 aromatic rings. The molecule has 0 fully saturated rings. The predicted octanol–water partition coefficient (Wildman–Crippen LogP) is 0.153. The van der Waals surface area contributed by atoms with Crippen LogP contribution < -0.4 is 20.9 Å². The number of anilines is 2. The molecular formula is C11H22N6O2. The van der Waals surface area contributed by atoms with E-state index in [-0.39, 0.29) is 24.7 Å². The number of hydrogen-bond acceptors (Lipinski definition) is 8. The molecular weight excluding hydrogens is 248 g/mol. The largest absolute Gasteiger partial charge is 0.461 e. The lowest BCUT2D eigenvalue weighted by Gasteiger charge is -2.21. The fourth-order valence-corrected chi connectivity index (χ4v) is 1.52. The predicted molar refractivity (Wildman–Crippen MR) is 73.0 cm³/mol. The van der Waals surface area contributed by atoms with Crippen molar-refractivity contribution in [2.45, 2.75) is 33.3 Å². The fourth-order valence-electron chi connectivity index (χ4n) is 1.52. The van der Waals surface area contributed by atoms with E-state index in [9.17, 15) is 0 Å². The number of nitrogens with two attached hydrogens (primary N) is 1. The van der Waals surface area contributed by atoms with Gasteiger partial charge in [-0.3, -0.25) is 5.43 Å². The lowest BCUT2D eigenvalue weighted by atomic mass is 10.4. The number of aliphatic hydroxyl groups excluding tert-OH is 1. The van der Waals surface area contributed by atoms with Gasteiger partial charge in [-0.1, -0.05) is 6.92 Å². The molecule has 0 unspecified atom stereocenters. The molecule has 8 nitrogen and oxygen atoms in total. The maximum Gasteiger partial charge on any atom is 0.323 e. The third kappa shape index (κ3) is 4.84. The molecule has 0 saturated carbocycles. The van der Waals surface area contributed by atoms with E-state index in [0.717, 1.165) is 13.0 Å². The Bertz CT molecular complexity index is 381. The van der Waals surface area contributed by atoms with E-state index in [1.807, 2.05) is 25.7 Å². The van der Waals surface area contributed by atoms with Crippen molar-refractivity contribution in [2.75, 3.05) is 30.0 Å². The van der Waals surface area contributed by atoms with E-state index in [4.69, 9.17) is 15.7 Å². The van der Waals surface area contributed by atoms with Crippen LogP contribution in [0.4, 0.5) is 11.9 Å². The quantitative estimate of drug-likeness (QED) is 0.452. The smallest absolute Gasteiger partial charge is 0.323 e. The third-order valence-corrected chi connectivity index (χ3v) is 2.22. The second-order valence-corrected chi connectivity index (χ2v) is 4.26. The number of aromatic nitrogens is 3. The first-order valence-corrected chi connectivity index (χ1v) is 6.35. The topological polar surface area (TPSA) is 109 Å². The highest BCUT2D eigenvalue weighted by Crippen LogP contribution is 2.15. The molecule has 0 bridgehead atoms. The molecule has 0 aliphatic rings. The van der Waals surface area contributed by atoms with Crippen molar-refractivity contribution in [1.29, 1.82) is 0 Å². The van der Waals surface area contributed by atoms with Gasteiger partial charge < -0.3 is 14.7 Å². The van der Waals surface area contributed by atoms with Gasteiger partial charge in [0, 0.05) is 13.1 Å². The summed E-state index contributed by atoms with van der Waals surface area (Å²) in [5.41, 5.74) is 2.39. The van der Waals surface area contributed by atoms with Crippen LogP contribution in [-0.2, 0) is 0 Å². The van der Waals surface area contributed by atoms with Crippen molar-refractivity contribution >= 4 is 11.9 Å². The van der Waals surface area contributed by atoms with Crippen LogP contribution in [0.2, 0.25) is 0 Å². The van der Waals surface area contributed by atoms with Crippen LogP contribution in [0.25, 0.3) is 0 Å². The summed E-state index contributed by atoms with van der Waals surface area (Å²) in [5, 5.41) is 9.08. The Morgan fingerprint density at radius 2 is 2.05 bits per heavy atom. The summed E-state index contributed by atoms with van der Waals surface area (Å²) < 4.78 is 5.46. The van der Waals surface area contributed by atoms with Crippen LogP contribution in [0.1, 0.15) is 27.2 Å². The van der Waals surface area contributed by atoms with Crippen molar-refractivity contribution in [3.63, 3.8) is 0 Å². The summed E-state index contributed by atoms with van der Waals surface area (Å²) in [6.45, 7) is 7.02. The molecule has 1 rings (SSSR count). The molecule has 0 aromatic carbocycles. The van der Waals surface area contributed by atoms with Gasteiger partial charge >= 0.3 is 6.01 Å². The number of aliphatic hydroxyl groups is 1. The Morgan fingerprint density at radius 3 is 2.58 bits per heavy atom. The second-order valence-electron chi connectivity index (χ2n) is 4.26. The average Bonchev–Trinajstić information content (AvgIpc) is 2.37. The maximum absolute atomic E-state index is 9.08. The summed E-state index contributed by atoms with van der Waals surface area (Å²) in [6.07, 6.45) is 0.871. The van der Waals surface area contributed by atoms with E-state index in [0.29, 0.717) is 12.5 Å². The molecule has 0 aliphatic carbocycles. The Kier molecular flexibility index (Phi) is 6.23. The van der Waals surface area contributed by atoms with Gasteiger partial charge in [0.1, 0.15) is 0 Å². The van der Waals surface area contributed by atoms with Gasteiger partial charge in [0.15, 0.2) is 0 Å². The van der Waals surface area contributed by atoms with Crippen LogP contribution in [0.5, 0.6) is 6.01 Å². The van der Waals surface area contributed by atoms with Crippen molar-refractivity contribution < 1.29 is 9.84 Å². The number of ether oxygens (including phenoxy) is 1. The molecule has 0 amide bonds. The SMILES string of the molecule is CCCN(CCO)c1nc(NN)nc(OC(C)C)n1. The fraction of sp³-hybridized carbons (Fsp3) is 0.727. The van der Waals surface area contributed by atoms with E-state index in [2.05, 4.69) is 20.4 Å². The molecule has 1 aromatic heterocycles. The van der Waals surface area contributed by atoms with Gasteiger partial charge in [0.2, 0.25) is 11.9 Å². The summed E-state index contributed by atoms with van der Waals surface area (Å²) in [7, 11) is 0. The molecule has 19 heavy (non-hydrogen) atoms. The first-order valence-electron chi connectivity index (χ1n) is 6.35. The maximum atomic E-state index is 9.08. The van der Waals surface area contributed by atoms with Crippen LogP contribution in [-0.4, -0.2) is 45.9 Å². The molecule has 0 spiro atoms. The number of hydrogen-bond donors (Lipinski definition) is 3. The molecule has 0 saturated heterocycles. The number of nitrogens with one attached hydrogen (secondary N) is 1. The monoisotopic (exact) mass is 270 g/mol. The van der Waals surface area contributed by atoms with Crippen LogP contribution in [0.3, 0.4) is 0 Å². The molecule has 108 valence electrons. The Balaban J connectivity index is 3.02. The van der Waals surface area contributed by atoms with Crippen molar-refractivity contribution in [3.8, 4) is 6.01 Å². The molecule has 4 N–H and O–H groups in total. The van der Waals surface area contributed by atoms with E-state index in [1.54, 1.807) is 0 Å². The normalized spacial score (nSPS) is 10.6. The molecule has 1 heterocycles. The van der Waals surface area contributed by atoms with Crippen LogP contribution in [0, 0.1) is 0 Å². The third-order valence-electron chi connectivity index (χ3n) is 2.22. The average molecular weight is 270 g/mol. The molecule has 0 aliphatic heterocycles. The first-order chi connectivity index (χ1) is 9.10. The number of hydrazine groups is 1. The van der Waals surface area contributed by atoms with Gasteiger partial charge in [-0.15, -0.1) is 0 Å². The van der Waals surface area contributed by atoms with Gasteiger partial charge in [0.05, 0.1) is 12.7 Å². The summed E-state index contributed by atoms with van der Waals surface area (Å²) in [6, 6.07) is 0.215. The van der Waals surface area contributed by atoms with Crippen LogP contribution >= 0.6 is 0 Å². The van der Waals surface area contributed by atoms with E-state index >= 15 is 0 Å². The first kappa shape index (κ1) is 15.4. The Morgan fingerprint density at radius 1 is 1.32 bits per heavy atom. The minimum absolute atomic E-state index is 0.0252. The number of nitrogens with zero attached hydrogens (tertiary/aromatic N) is 4. The molecule has 0 radical (unpaired) electrons. The highest BCUT2D eigenvalue weighted by Gasteiger charge is 2.13. The molecule has 8 heteroatoms. The molecule has 0 atom stereocenters. The zero-order valence-electron chi connectivity index (χ0n) is 11.6. The second kappa shape index (κ2) is 7.70. The number of rotatable bonds is 8. The minimum Gasteiger partial charge on any atom is -0.461 e. The van der Waals surface area contributed by atoms with Gasteiger partial charge in [-0.2, -0.15) is 15.0 Å². The van der Waals surface area contributed by atoms with Gasteiger partial charge in [-0.25, -0.2) is 5.84 Å². The van der Waals surface area contributed by atoms with Crippen molar-refractivity contribution in [1.82, 2.24) is 15.0 Å². The van der Waals surface area contributed by atoms with Crippen LogP contribution in [0.15, 0.2) is 0 Å². The highest BCUT2D eigenvalue weighted by atomic mass is 16.5. The minimum atomic E-state index is -0.0432. The Labute approximate surface area is 113 Å². The highest BCUT2D eigenvalue weighted by molar-refractivity contribution is 5.37. The van der Waals surface area contributed by atoms with E-state index < -0.39 is 0 Å². The summed E-state index contributed by atoms with van der Waals surface area (Å²) in [4.78, 5) is 14.3. The van der Waals surface area contributed by atoms with Crippen molar-refractivity contribution in [2.24, 2.45) is 5.84 Å². The summed E-state index contributed by atoms with van der Waals surface area (Å²) >= 11 is 0. The van der Waals surface area contributed by atoms with Gasteiger partial charge in [0.25, 0.3) is 0 Å². The lowest BCUT2D eigenvalue weighted by Crippen LogP contribution is -2.30.